The van der Waals surface area contributed by atoms with E-state index in [1.807, 2.05) is 0 Å². The van der Waals surface area contributed by atoms with Crippen LogP contribution in [-0.4, -0.2) is 41.6 Å². The minimum Gasteiger partial charge on any atom is -0.475 e. The average Bonchev–Trinajstić information content (AvgIpc) is 3.34. The highest BCUT2D eigenvalue weighted by Crippen LogP contribution is 2.24. The van der Waals surface area contributed by atoms with Crippen LogP contribution in [0.15, 0.2) is 96.8 Å². The number of hydrogen-bond donors (Lipinski definition) is 0. The molecule has 0 aliphatic carbocycles. The van der Waals surface area contributed by atoms with Gasteiger partial charge in [0.05, 0.1) is 16.1 Å². The lowest BCUT2D eigenvalue weighted by Gasteiger charge is -2.19. The second kappa shape index (κ2) is 11.6. The van der Waals surface area contributed by atoms with Gasteiger partial charge in [0.1, 0.15) is 13.2 Å². The second-order valence-corrected chi connectivity index (χ2v) is 7.89. The van der Waals surface area contributed by atoms with Gasteiger partial charge in [-0.3, -0.25) is 10.1 Å². The molecule has 3 aromatic rings. The number of ether oxygens (including phenoxy) is 4. The Morgan fingerprint density at radius 3 is 1.97 bits per heavy atom. The van der Waals surface area contributed by atoms with Crippen LogP contribution < -0.4 is 0 Å². The summed E-state index contributed by atoms with van der Waals surface area (Å²) in [6.45, 7) is -0.463. The molecule has 0 amide bonds. The van der Waals surface area contributed by atoms with Gasteiger partial charge in [0.2, 0.25) is 5.76 Å². The van der Waals surface area contributed by atoms with Crippen LogP contribution in [0, 0.1) is 10.1 Å². The summed E-state index contributed by atoms with van der Waals surface area (Å²) in [6.07, 6.45) is -0.722. The monoisotopic (exact) mass is 503 g/mol. The first-order valence-corrected chi connectivity index (χ1v) is 11.2. The maximum atomic E-state index is 12.6. The van der Waals surface area contributed by atoms with E-state index in [-0.39, 0.29) is 24.7 Å². The number of hydrogen-bond acceptors (Lipinski definition) is 9. The predicted molar refractivity (Wildman–Crippen MR) is 128 cm³/mol. The van der Waals surface area contributed by atoms with Crippen LogP contribution in [0.3, 0.4) is 0 Å². The molecule has 4 rings (SSSR count). The fourth-order valence-electron chi connectivity index (χ4n) is 3.40. The summed E-state index contributed by atoms with van der Waals surface area (Å²) in [7, 11) is 0. The van der Waals surface area contributed by atoms with E-state index in [9.17, 15) is 24.5 Å². The Kier molecular flexibility index (Phi) is 7.89. The first-order valence-electron chi connectivity index (χ1n) is 11.2. The van der Waals surface area contributed by atoms with E-state index in [0.29, 0.717) is 16.7 Å². The van der Waals surface area contributed by atoms with Crippen molar-refractivity contribution in [1.82, 2.24) is 0 Å². The van der Waals surface area contributed by atoms with Crippen molar-refractivity contribution in [3.63, 3.8) is 0 Å². The van der Waals surface area contributed by atoms with Gasteiger partial charge >= 0.3 is 17.9 Å². The van der Waals surface area contributed by atoms with Crippen molar-refractivity contribution < 1.29 is 38.3 Å². The molecular weight excluding hydrogens is 482 g/mol. The normalized spacial score (nSPS) is 16.2. The molecule has 1 aliphatic rings. The van der Waals surface area contributed by atoms with Gasteiger partial charge in [-0.15, -0.1) is 0 Å². The first kappa shape index (κ1) is 25.1. The number of nitrogens with zero attached hydrogens (tertiary/aromatic N) is 1. The molecule has 0 saturated heterocycles. The van der Waals surface area contributed by atoms with E-state index < -0.39 is 35.0 Å². The topological polar surface area (TPSA) is 131 Å². The molecule has 188 valence electrons. The van der Waals surface area contributed by atoms with Crippen LogP contribution in [0.25, 0.3) is 0 Å². The van der Waals surface area contributed by atoms with Crippen LogP contribution >= 0.6 is 0 Å². The smallest absolute Gasteiger partial charge is 0.373 e. The summed E-state index contributed by atoms with van der Waals surface area (Å²) in [5, 5.41) is 10.8. The largest absolute Gasteiger partial charge is 0.475 e. The third-order valence-corrected chi connectivity index (χ3v) is 5.32. The molecule has 0 N–H and O–H groups in total. The highest BCUT2D eigenvalue weighted by Gasteiger charge is 2.37. The molecule has 37 heavy (non-hydrogen) atoms. The number of carbonyl (C=O) groups excluding carboxylic acids is 3. The van der Waals surface area contributed by atoms with Crippen LogP contribution in [0.4, 0.5) is 5.69 Å². The van der Waals surface area contributed by atoms with Crippen molar-refractivity contribution in [2.45, 2.75) is 18.8 Å². The summed E-state index contributed by atoms with van der Waals surface area (Å²) in [5.41, 5.74) is 1.06. The number of benzene rings is 3. The fraction of sp³-hybridized carbons (Fsp3) is 0.148. The lowest BCUT2D eigenvalue weighted by Crippen LogP contribution is -2.32. The lowest BCUT2D eigenvalue weighted by molar-refractivity contribution is -0.384. The Balaban J connectivity index is 1.42. The van der Waals surface area contributed by atoms with E-state index in [4.69, 9.17) is 18.9 Å². The van der Waals surface area contributed by atoms with Crippen molar-refractivity contribution in [1.29, 1.82) is 0 Å². The second-order valence-electron chi connectivity index (χ2n) is 7.89. The van der Waals surface area contributed by atoms with E-state index in [0.717, 1.165) is 0 Å². The standard InChI is InChI=1S/C27H21NO9/c29-25(19-7-3-1-4-8-19)35-17-24-22(37-26(30)20-9-5-2-6-10-20)15-23(36-24)27(31)34-16-18-11-13-21(14-12-18)28(32)33/h1-15,22,24H,16-17H2/t22-,24+/m0/s1. The van der Waals surface area contributed by atoms with Crippen LogP contribution in [-0.2, 0) is 30.3 Å². The third-order valence-electron chi connectivity index (χ3n) is 5.32. The number of carbonyl (C=O) groups is 3. The molecule has 2 atom stereocenters. The van der Waals surface area contributed by atoms with Crippen molar-refractivity contribution in [3.05, 3.63) is 124 Å². The summed E-state index contributed by atoms with van der Waals surface area (Å²) >= 11 is 0. The molecule has 0 bridgehead atoms. The first-order chi connectivity index (χ1) is 17.9. The lowest BCUT2D eigenvalue weighted by atomic mass is 10.2. The van der Waals surface area contributed by atoms with Crippen molar-refractivity contribution in [3.8, 4) is 0 Å². The Bertz CT molecular complexity index is 1300. The molecule has 0 radical (unpaired) electrons. The molecular formula is C27H21NO9. The minimum absolute atomic E-state index is 0.0899. The zero-order valence-electron chi connectivity index (χ0n) is 19.4. The highest BCUT2D eigenvalue weighted by atomic mass is 16.6. The van der Waals surface area contributed by atoms with E-state index in [1.165, 1.54) is 30.3 Å². The molecule has 0 aromatic heterocycles. The average molecular weight is 503 g/mol. The van der Waals surface area contributed by atoms with Gasteiger partial charge < -0.3 is 18.9 Å². The van der Waals surface area contributed by atoms with Crippen LogP contribution in [0.1, 0.15) is 26.3 Å². The number of nitro benzene ring substituents is 1. The molecule has 0 unspecified atom stereocenters. The minimum atomic E-state index is -1.03. The van der Waals surface area contributed by atoms with E-state index in [1.54, 1.807) is 60.7 Å². The highest BCUT2D eigenvalue weighted by molar-refractivity contribution is 5.91. The van der Waals surface area contributed by atoms with Crippen LogP contribution in [0.5, 0.6) is 0 Å². The van der Waals surface area contributed by atoms with Gasteiger partial charge in [-0.25, -0.2) is 14.4 Å². The molecule has 0 spiro atoms. The summed E-state index contributed by atoms with van der Waals surface area (Å²) in [5.74, 6) is -2.30. The fourth-order valence-corrected chi connectivity index (χ4v) is 3.40. The summed E-state index contributed by atoms with van der Waals surface area (Å²) in [6, 6.07) is 22.1. The van der Waals surface area contributed by atoms with E-state index >= 15 is 0 Å². The quantitative estimate of drug-likeness (QED) is 0.184. The van der Waals surface area contributed by atoms with Crippen molar-refractivity contribution in [2.75, 3.05) is 6.61 Å². The van der Waals surface area contributed by atoms with Gasteiger partial charge in [-0.1, -0.05) is 36.4 Å². The Morgan fingerprint density at radius 2 is 1.38 bits per heavy atom. The van der Waals surface area contributed by atoms with Gasteiger partial charge in [0, 0.05) is 18.2 Å². The molecule has 10 nitrogen and oxygen atoms in total. The Hall–Kier alpha value is -4.99. The predicted octanol–water partition coefficient (Wildman–Crippen LogP) is 4.00. The maximum Gasteiger partial charge on any atom is 0.373 e. The van der Waals surface area contributed by atoms with Crippen molar-refractivity contribution in [2.24, 2.45) is 0 Å². The van der Waals surface area contributed by atoms with E-state index in [2.05, 4.69) is 0 Å². The van der Waals surface area contributed by atoms with Gasteiger partial charge in [-0.2, -0.15) is 0 Å². The number of rotatable bonds is 9. The molecule has 3 aromatic carbocycles. The Morgan fingerprint density at radius 1 is 0.784 bits per heavy atom. The molecule has 10 heteroatoms. The van der Waals surface area contributed by atoms with Gasteiger partial charge in [0.15, 0.2) is 12.2 Å². The molecule has 0 fully saturated rings. The third kappa shape index (κ3) is 6.57. The van der Waals surface area contributed by atoms with Gasteiger partial charge in [0.25, 0.3) is 5.69 Å². The van der Waals surface area contributed by atoms with Crippen LogP contribution in [0.2, 0.25) is 0 Å². The number of non-ortho nitro benzene ring substituents is 1. The SMILES string of the molecule is O=C(OCc1ccc([N+](=O)[O-])cc1)C1=C[C@H](OC(=O)c2ccccc2)[C@@H](COC(=O)c2ccccc2)O1. The summed E-state index contributed by atoms with van der Waals surface area (Å²) in [4.78, 5) is 47.8. The Labute approximate surface area is 211 Å². The zero-order valence-corrected chi connectivity index (χ0v) is 19.4. The van der Waals surface area contributed by atoms with Gasteiger partial charge in [-0.05, 0) is 42.0 Å². The maximum absolute atomic E-state index is 12.6. The molecule has 1 heterocycles. The number of esters is 3. The molecule has 0 saturated carbocycles. The van der Waals surface area contributed by atoms with Crippen molar-refractivity contribution >= 4 is 23.6 Å². The number of nitro groups is 1. The zero-order chi connectivity index (χ0) is 26.2. The summed E-state index contributed by atoms with van der Waals surface area (Å²) < 4.78 is 21.7. The molecule has 1 aliphatic heterocycles.